The van der Waals surface area contributed by atoms with Gasteiger partial charge in [0.05, 0.1) is 0 Å². The van der Waals surface area contributed by atoms with Crippen molar-refractivity contribution in [3.05, 3.63) is 28.8 Å². The van der Waals surface area contributed by atoms with Crippen molar-refractivity contribution in [1.29, 1.82) is 0 Å². The van der Waals surface area contributed by atoms with Gasteiger partial charge in [-0.3, -0.25) is 0 Å². The Morgan fingerprint density at radius 2 is 1.57 bits per heavy atom. The Hall–Kier alpha value is -0.980. The lowest BCUT2D eigenvalue weighted by atomic mass is 9.82. The first kappa shape index (κ1) is 18.4. The molecule has 0 bridgehead atoms. The fraction of sp³-hybridized carbons (Fsp3) is 0.727. The van der Waals surface area contributed by atoms with Gasteiger partial charge in [-0.15, -0.1) is 0 Å². The Labute approximate surface area is 143 Å². The molecular weight excluding hydrogens is 280 g/mol. The standard InChI is InChI=1S/C22H36O/c1-3-4-5-6-7-8-10-13-19-16-18(2)22(23)21(17-19)20-14-11-9-12-15-20/h16-17,20,23H,3-15H2,1-2H3. The molecule has 0 heterocycles. The first-order valence-electron chi connectivity index (χ1n) is 10.0. The summed E-state index contributed by atoms with van der Waals surface area (Å²) < 4.78 is 0. The number of phenols is 1. The summed E-state index contributed by atoms with van der Waals surface area (Å²) in [5.41, 5.74) is 3.75. The summed E-state index contributed by atoms with van der Waals surface area (Å²) in [4.78, 5) is 0. The van der Waals surface area contributed by atoms with Crippen molar-refractivity contribution >= 4 is 0 Å². The average Bonchev–Trinajstić information content (AvgIpc) is 2.58. The molecule has 23 heavy (non-hydrogen) atoms. The molecule has 1 heteroatoms. The van der Waals surface area contributed by atoms with Crippen LogP contribution in [0.2, 0.25) is 0 Å². The topological polar surface area (TPSA) is 20.2 Å². The van der Waals surface area contributed by atoms with E-state index in [2.05, 4.69) is 26.0 Å². The molecule has 0 amide bonds. The number of phenolic OH excluding ortho intramolecular Hbond substituents is 1. The maximum atomic E-state index is 10.5. The van der Waals surface area contributed by atoms with Crippen LogP contribution < -0.4 is 0 Å². The third-order valence-corrected chi connectivity index (χ3v) is 5.50. The first-order chi connectivity index (χ1) is 11.2. The van der Waals surface area contributed by atoms with Crippen molar-refractivity contribution in [1.82, 2.24) is 0 Å². The highest BCUT2D eigenvalue weighted by molar-refractivity contribution is 5.45. The molecule has 0 saturated heterocycles. The third-order valence-electron chi connectivity index (χ3n) is 5.50. The van der Waals surface area contributed by atoms with Gasteiger partial charge in [0.2, 0.25) is 0 Å². The van der Waals surface area contributed by atoms with E-state index in [1.165, 1.54) is 94.6 Å². The van der Waals surface area contributed by atoms with Crippen molar-refractivity contribution < 1.29 is 5.11 Å². The molecule has 0 atom stereocenters. The highest BCUT2D eigenvalue weighted by Gasteiger charge is 2.20. The van der Waals surface area contributed by atoms with Gasteiger partial charge < -0.3 is 5.11 Å². The number of unbranched alkanes of at least 4 members (excludes halogenated alkanes) is 6. The second-order valence-electron chi connectivity index (χ2n) is 7.56. The number of hydrogen-bond donors (Lipinski definition) is 1. The maximum Gasteiger partial charge on any atom is 0.121 e. The minimum atomic E-state index is 0.570. The second-order valence-corrected chi connectivity index (χ2v) is 7.56. The van der Waals surface area contributed by atoms with Gasteiger partial charge >= 0.3 is 0 Å². The summed E-state index contributed by atoms with van der Waals surface area (Å²) >= 11 is 0. The number of rotatable bonds is 9. The first-order valence-corrected chi connectivity index (χ1v) is 10.0. The van der Waals surface area contributed by atoms with E-state index in [1.54, 1.807) is 0 Å². The highest BCUT2D eigenvalue weighted by atomic mass is 16.3. The Bertz CT molecular complexity index is 457. The van der Waals surface area contributed by atoms with E-state index in [4.69, 9.17) is 0 Å². The van der Waals surface area contributed by atoms with Gasteiger partial charge in [-0.2, -0.15) is 0 Å². The predicted octanol–water partition coefficient (Wildman–Crippen LogP) is 7.04. The zero-order valence-corrected chi connectivity index (χ0v) is 15.4. The van der Waals surface area contributed by atoms with Crippen LogP contribution >= 0.6 is 0 Å². The fourth-order valence-electron chi connectivity index (χ4n) is 4.04. The van der Waals surface area contributed by atoms with Gasteiger partial charge in [-0.1, -0.05) is 76.8 Å². The molecule has 2 rings (SSSR count). The molecule has 1 aliphatic rings. The predicted molar refractivity (Wildman–Crippen MR) is 100 cm³/mol. The highest BCUT2D eigenvalue weighted by Crippen LogP contribution is 2.39. The number of aryl methyl sites for hydroxylation is 2. The summed E-state index contributed by atoms with van der Waals surface area (Å²) in [5, 5.41) is 10.5. The van der Waals surface area contributed by atoms with Crippen molar-refractivity contribution in [2.24, 2.45) is 0 Å². The molecule has 1 aliphatic carbocycles. The zero-order valence-electron chi connectivity index (χ0n) is 15.4. The van der Waals surface area contributed by atoms with Crippen molar-refractivity contribution in [2.75, 3.05) is 0 Å². The molecule has 1 N–H and O–H groups in total. The van der Waals surface area contributed by atoms with Gasteiger partial charge in [0.25, 0.3) is 0 Å². The fourth-order valence-corrected chi connectivity index (χ4v) is 4.04. The van der Waals surface area contributed by atoms with Gasteiger partial charge in [-0.25, -0.2) is 0 Å². The molecular formula is C22H36O. The summed E-state index contributed by atoms with van der Waals surface area (Å²) in [6.07, 6.45) is 17.3. The molecule has 130 valence electrons. The van der Waals surface area contributed by atoms with E-state index >= 15 is 0 Å². The lowest BCUT2D eigenvalue weighted by Gasteiger charge is -2.24. The number of benzene rings is 1. The molecule has 0 aliphatic heterocycles. The molecule has 0 radical (unpaired) electrons. The Morgan fingerprint density at radius 3 is 2.26 bits per heavy atom. The van der Waals surface area contributed by atoms with Crippen molar-refractivity contribution in [3.63, 3.8) is 0 Å². The van der Waals surface area contributed by atoms with Crippen LogP contribution in [-0.2, 0) is 6.42 Å². The average molecular weight is 317 g/mol. The Balaban J connectivity index is 1.85. The van der Waals surface area contributed by atoms with E-state index in [-0.39, 0.29) is 0 Å². The van der Waals surface area contributed by atoms with E-state index in [9.17, 15) is 5.11 Å². The summed E-state index contributed by atoms with van der Waals surface area (Å²) in [6.45, 7) is 4.34. The van der Waals surface area contributed by atoms with Crippen molar-refractivity contribution in [2.45, 2.75) is 103 Å². The van der Waals surface area contributed by atoms with E-state index < -0.39 is 0 Å². The maximum absolute atomic E-state index is 10.5. The monoisotopic (exact) mass is 316 g/mol. The molecule has 1 nitrogen and oxygen atoms in total. The van der Waals surface area contributed by atoms with Gasteiger partial charge in [-0.05, 0) is 55.2 Å². The quantitative estimate of drug-likeness (QED) is 0.484. The molecule has 1 saturated carbocycles. The second kappa shape index (κ2) is 10.0. The minimum Gasteiger partial charge on any atom is -0.507 e. The number of hydrogen-bond acceptors (Lipinski definition) is 1. The normalized spacial score (nSPS) is 15.9. The van der Waals surface area contributed by atoms with Crippen LogP contribution in [0.1, 0.15) is 107 Å². The van der Waals surface area contributed by atoms with Crippen LogP contribution in [0.5, 0.6) is 5.75 Å². The lowest BCUT2D eigenvalue weighted by molar-refractivity contribution is 0.412. The van der Waals surface area contributed by atoms with Crippen LogP contribution in [0.3, 0.4) is 0 Å². The smallest absolute Gasteiger partial charge is 0.121 e. The molecule has 1 aromatic carbocycles. The van der Waals surface area contributed by atoms with Gasteiger partial charge in [0.1, 0.15) is 5.75 Å². The minimum absolute atomic E-state index is 0.570. The van der Waals surface area contributed by atoms with Crippen LogP contribution in [-0.4, -0.2) is 5.11 Å². The summed E-state index contributed by atoms with van der Waals surface area (Å²) in [7, 11) is 0. The molecule has 0 aromatic heterocycles. The lowest BCUT2D eigenvalue weighted by Crippen LogP contribution is -2.06. The van der Waals surface area contributed by atoms with Gasteiger partial charge in [0, 0.05) is 0 Å². The molecule has 0 unspecified atom stereocenters. The van der Waals surface area contributed by atoms with Crippen molar-refractivity contribution in [3.8, 4) is 5.75 Å². The largest absolute Gasteiger partial charge is 0.507 e. The van der Waals surface area contributed by atoms with E-state index in [0.717, 1.165) is 5.56 Å². The molecule has 0 spiro atoms. The van der Waals surface area contributed by atoms with E-state index in [0.29, 0.717) is 11.7 Å². The number of aromatic hydroxyl groups is 1. The molecule has 1 fully saturated rings. The third kappa shape index (κ3) is 5.86. The summed E-state index contributed by atoms with van der Waals surface area (Å²) in [5.74, 6) is 1.16. The summed E-state index contributed by atoms with van der Waals surface area (Å²) in [6, 6.07) is 4.52. The Kier molecular flexibility index (Phi) is 7.99. The SMILES string of the molecule is CCCCCCCCCc1cc(C)c(O)c(C2CCCCC2)c1. The van der Waals surface area contributed by atoms with Crippen LogP contribution in [0, 0.1) is 6.92 Å². The van der Waals surface area contributed by atoms with Crippen LogP contribution in [0.4, 0.5) is 0 Å². The zero-order chi connectivity index (χ0) is 16.5. The van der Waals surface area contributed by atoms with E-state index in [1.807, 2.05) is 0 Å². The molecule has 1 aromatic rings. The van der Waals surface area contributed by atoms with Gasteiger partial charge in [0.15, 0.2) is 0 Å². The Morgan fingerprint density at radius 1 is 0.913 bits per heavy atom. The van der Waals surface area contributed by atoms with Crippen LogP contribution in [0.25, 0.3) is 0 Å². The van der Waals surface area contributed by atoms with Crippen LogP contribution in [0.15, 0.2) is 12.1 Å².